The zero-order valence-electron chi connectivity index (χ0n) is 18.7. The predicted molar refractivity (Wildman–Crippen MR) is 120 cm³/mol. The van der Waals surface area contributed by atoms with Crippen LogP contribution in [0.3, 0.4) is 0 Å². The van der Waals surface area contributed by atoms with E-state index < -0.39 is 17.4 Å². The molecule has 1 aromatic heterocycles. The van der Waals surface area contributed by atoms with E-state index in [-0.39, 0.29) is 11.4 Å². The first-order valence-electron chi connectivity index (χ1n) is 10.2. The number of aromatic nitrogens is 2. The first-order valence-corrected chi connectivity index (χ1v) is 10.2. The number of hydrogen-bond acceptors (Lipinski definition) is 7. The molecule has 170 valence electrons. The van der Waals surface area contributed by atoms with Crippen LogP contribution in [0.4, 0.5) is 4.39 Å². The zero-order chi connectivity index (χ0) is 23.6. The van der Waals surface area contributed by atoms with Crippen LogP contribution in [0.1, 0.15) is 35.2 Å². The molecule has 3 aromatic rings. The number of methoxy groups -OCH3 is 3. The zero-order valence-corrected chi connectivity index (χ0v) is 18.7. The van der Waals surface area contributed by atoms with E-state index in [0.29, 0.717) is 17.9 Å². The van der Waals surface area contributed by atoms with Gasteiger partial charge >= 0.3 is 5.97 Å². The van der Waals surface area contributed by atoms with Crippen molar-refractivity contribution < 1.29 is 27.9 Å². The number of ether oxygens (including phenoxy) is 3. The lowest BCUT2D eigenvalue weighted by molar-refractivity contribution is 0.0594. The summed E-state index contributed by atoms with van der Waals surface area (Å²) in [6.45, 7) is 1.99. The summed E-state index contributed by atoms with van der Waals surface area (Å²) in [4.78, 5) is 16.0. The SMILES string of the molecule is COC(=O)c1ccc(-c2noc(C3=CC=C(c4ccc(OC)cc4)C(C)(OC)C3)n2)cc1F. The molecule has 0 aliphatic heterocycles. The molecule has 0 N–H and O–H groups in total. The topological polar surface area (TPSA) is 83.7 Å². The highest BCUT2D eigenvalue weighted by molar-refractivity contribution is 5.90. The van der Waals surface area contributed by atoms with E-state index in [9.17, 15) is 9.18 Å². The van der Waals surface area contributed by atoms with Gasteiger partial charge in [-0.1, -0.05) is 29.4 Å². The maximum Gasteiger partial charge on any atom is 0.340 e. The molecule has 0 fully saturated rings. The third-order valence-electron chi connectivity index (χ3n) is 5.73. The summed E-state index contributed by atoms with van der Waals surface area (Å²) < 4.78 is 35.5. The van der Waals surface area contributed by atoms with Gasteiger partial charge < -0.3 is 18.7 Å². The molecule has 1 unspecified atom stereocenters. The van der Waals surface area contributed by atoms with Gasteiger partial charge in [-0.3, -0.25) is 0 Å². The number of halogens is 1. The van der Waals surface area contributed by atoms with Crippen molar-refractivity contribution in [3.05, 3.63) is 77.5 Å². The Morgan fingerprint density at radius 3 is 2.42 bits per heavy atom. The molecule has 0 saturated carbocycles. The fourth-order valence-electron chi connectivity index (χ4n) is 3.78. The number of esters is 1. The Bertz CT molecular complexity index is 1250. The van der Waals surface area contributed by atoms with E-state index in [4.69, 9.17) is 14.0 Å². The maximum absolute atomic E-state index is 14.3. The van der Waals surface area contributed by atoms with Crippen molar-refractivity contribution >= 4 is 17.1 Å². The summed E-state index contributed by atoms with van der Waals surface area (Å²) in [5.41, 5.74) is 2.42. The maximum atomic E-state index is 14.3. The molecule has 4 rings (SSSR count). The highest BCUT2D eigenvalue weighted by Gasteiger charge is 2.35. The molecule has 0 amide bonds. The van der Waals surface area contributed by atoms with E-state index in [1.165, 1.54) is 19.2 Å². The highest BCUT2D eigenvalue weighted by Crippen LogP contribution is 2.41. The fraction of sp³-hybridized carbons (Fsp3) is 0.240. The lowest BCUT2D eigenvalue weighted by Gasteiger charge is -2.34. The highest BCUT2D eigenvalue weighted by atomic mass is 19.1. The van der Waals surface area contributed by atoms with Crippen molar-refractivity contribution in [2.45, 2.75) is 18.9 Å². The van der Waals surface area contributed by atoms with Gasteiger partial charge in [0.05, 0.1) is 25.4 Å². The normalized spacial score (nSPS) is 17.8. The lowest BCUT2D eigenvalue weighted by Crippen LogP contribution is -2.31. The van der Waals surface area contributed by atoms with Crippen LogP contribution in [0, 0.1) is 5.82 Å². The minimum absolute atomic E-state index is 0.160. The average Bonchev–Trinajstić information content (AvgIpc) is 3.34. The van der Waals surface area contributed by atoms with Gasteiger partial charge in [0.15, 0.2) is 0 Å². The molecule has 0 saturated heterocycles. The molecule has 1 aliphatic carbocycles. The molecule has 0 spiro atoms. The Morgan fingerprint density at radius 1 is 1.06 bits per heavy atom. The Hall–Kier alpha value is -3.78. The lowest BCUT2D eigenvalue weighted by atomic mass is 9.80. The second-order valence-electron chi connectivity index (χ2n) is 7.72. The molecule has 1 atom stereocenters. The van der Waals surface area contributed by atoms with Crippen LogP contribution in [0.2, 0.25) is 0 Å². The van der Waals surface area contributed by atoms with Gasteiger partial charge in [-0.05, 0) is 48.4 Å². The Kier molecular flexibility index (Phi) is 6.11. The Labute approximate surface area is 190 Å². The van der Waals surface area contributed by atoms with Gasteiger partial charge in [0.25, 0.3) is 5.89 Å². The predicted octanol–water partition coefficient (Wildman–Crippen LogP) is 4.95. The van der Waals surface area contributed by atoms with E-state index in [2.05, 4.69) is 14.9 Å². The van der Waals surface area contributed by atoms with Crippen molar-refractivity contribution in [1.82, 2.24) is 10.1 Å². The standard InChI is InChI=1S/C25H23FN2O5/c1-25(32-4)14-17(8-12-20(25)15-5-9-18(30-2)10-6-15)23-27-22(28-33-23)16-7-11-19(21(26)13-16)24(29)31-3/h5-13H,14H2,1-4H3. The molecule has 0 bridgehead atoms. The fourth-order valence-corrected chi connectivity index (χ4v) is 3.78. The first-order chi connectivity index (χ1) is 15.9. The molecule has 0 radical (unpaired) electrons. The summed E-state index contributed by atoms with van der Waals surface area (Å²) in [7, 11) is 4.48. The second-order valence-corrected chi connectivity index (χ2v) is 7.72. The number of carbonyl (C=O) groups is 1. The van der Waals surface area contributed by atoms with Gasteiger partial charge in [0, 0.05) is 24.7 Å². The van der Waals surface area contributed by atoms with E-state index in [0.717, 1.165) is 22.5 Å². The number of benzene rings is 2. The summed E-state index contributed by atoms with van der Waals surface area (Å²) in [6.07, 6.45) is 4.38. The van der Waals surface area contributed by atoms with E-state index in [1.807, 2.05) is 43.3 Å². The third kappa shape index (κ3) is 4.29. The Balaban J connectivity index is 1.64. The van der Waals surface area contributed by atoms with E-state index >= 15 is 0 Å². The van der Waals surface area contributed by atoms with Crippen LogP contribution in [-0.2, 0) is 9.47 Å². The molecule has 2 aromatic carbocycles. The van der Waals surface area contributed by atoms with Crippen molar-refractivity contribution in [2.75, 3.05) is 21.3 Å². The smallest absolute Gasteiger partial charge is 0.340 e. The molecular weight excluding hydrogens is 427 g/mol. The van der Waals surface area contributed by atoms with Crippen molar-refractivity contribution in [2.24, 2.45) is 0 Å². The number of rotatable bonds is 6. The van der Waals surface area contributed by atoms with E-state index in [1.54, 1.807) is 20.3 Å². The van der Waals surface area contributed by atoms with Gasteiger partial charge in [0.2, 0.25) is 5.82 Å². The minimum Gasteiger partial charge on any atom is -0.497 e. The monoisotopic (exact) mass is 450 g/mol. The summed E-state index contributed by atoms with van der Waals surface area (Å²) >= 11 is 0. The summed E-state index contributed by atoms with van der Waals surface area (Å²) in [6, 6.07) is 11.8. The molecule has 8 heteroatoms. The third-order valence-corrected chi connectivity index (χ3v) is 5.73. The van der Waals surface area contributed by atoms with Crippen LogP contribution in [0.25, 0.3) is 22.5 Å². The van der Waals surface area contributed by atoms with Crippen molar-refractivity contribution in [3.8, 4) is 17.1 Å². The molecule has 33 heavy (non-hydrogen) atoms. The van der Waals surface area contributed by atoms with Gasteiger partial charge in [-0.25, -0.2) is 9.18 Å². The average molecular weight is 450 g/mol. The van der Waals surface area contributed by atoms with Crippen LogP contribution in [-0.4, -0.2) is 43.0 Å². The largest absolute Gasteiger partial charge is 0.497 e. The van der Waals surface area contributed by atoms with Crippen LogP contribution in [0.15, 0.2) is 59.1 Å². The second kappa shape index (κ2) is 8.99. The number of hydrogen-bond donors (Lipinski definition) is 0. The minimum atomic E-state index is -0.751. The number of carbonyl (C=O) groups excluding carboxylic acids is 1. The quantitative estimate of drug-likeness (QED) is 0.492. The van der Waals surface area contributed by atoms with Crippen molar-refractivity contribution in [3.63, 3.8) is 0 Å². The van der Waals surface area contributed by atoms with Crippen LogP contribution < -0.4 is 4.74 Å². The number of nitrogens with zero attached hydrogens (tertiary/aromatic N) is 2. The molecule has 7 nitrogen and oxygen atoms in total. The Morgan fingerprint density at radius 2 is 1.79 bits per heavy atom. The van der Waals surface area contributed by atoms with Crippen molar-refractivity contribution in [1.29, 1.82) is 0 Å². The van der Waals surface area contributed by atoms with Gasteiger partial charge in [-0.2, -0.15) is 4.98 Å². The molecule has 1 aliphatic rings. The number of allylic oxidation sites excluding steroid dienone is 2. The first kappa shape index (κ1) is 22.4. The van der Waals surface area contributed by atoms with Gasteiger partial charge in [-0.15, -0.1) is 0 Å². The van der Waals surface area contributed by atoms with Crippen LogP contribution >= 0.6 is 0 Å². The summed E-state index contributed by atoms with van der Waals surface area (Å²) in [5.74, 6) is -0.166. The van der Waals surface area contributed by atoms with Gasteiger partial charge in [0.1, 0.15) is 11.6 Å². The summed E-state index contributed by atoms with van der Waals surface area (Å²) in [5, 5.41) is 3.98. The van der Waals surface area contributed by atoms with Crippen LogP contribution in [0.5, 0.6) is 5.75 Å². The molecular formula is C25H23FN2O5. The molecule has 1 heterocycles.